The van der Waals surface area contributed by atoms with E-state index in [2.05, 4.69) is 15.3 Å². The molecule has 2 aromatic carbocycles. The first-order chi connectivity index (χ1) is 12.6. The summed E-state index contributed by atoms with van der Waals surface area (Å²) in [5, 5.41) is 2.88. The van der Waals surface area contributed by atoms with Crippen molar-refractivity contribution >= 4 is 23.5 Å². The summed E-state index contributed by atoms with van der Waals surface area (Å²) >= 11 is 0. The smallest absolute Gasteiger partial charge is 0.228 e. The fourth-order valence-electron chi connectivity index (χ4n) is 2.42. The molecular formula is C21H21N3O2. The minimum Gasteiger partial charge on any atom is -0.342 e. The number of carbonyl (C=O) groups is 2. The van der Waals surface area contributed by atoms with Crippen molar-refractivity contribution in [2.24, 2.45) is 0 Å². The first kappa shape index (κ1) is 17.4. The Morgan fingerprint density at radius 2 is 1.85 bits per heavy atom. The lowest BCUT2D eigenvalue weighted by Crippen LogP contribution is -2.14. The van der Waals surface area contributed by atoms with Gasteiger partial charge in [-0.3, -0.25) is 9.59 Å². The Hall–Kier alpha value is -3.47. The summed E-state index contributed by atoms with van der Waals surface area (Å²) in [6, 6.07) is 15.2. The maximum atomic E-state index is 12.1. The van der Waals surface area contributed by atoms with Gasteiger partial charge >= 0.3 is 0 Å². The van der Waals surface area contributed by atoms with Gasteiger partial charge in [0.25, 0.3) is 0 Å². The number of H-pyrrole nitrogens is 1. The summed E-state index contributed by atoms with van der Waals surface area (Å²) in [7, 11) is 0. The number of ketones is 1. The molecular weight excluding hydrogens is 326 g/mol. The van der Waals surface area contributed by atoms with Crippen molar-refractivity contribution in [3.8, 4) is 0 Å². The molecule has 0 saturated carbocycles. The first-order valence-corrected chi connectivity index (χ1v) is 8.27. The van der Waals surface area contributed by atoms with E-state index in [1.54, 1.807) is 12.3 Å². The molecule has 0 bridgehead atoms. The van der Waals surface area contributed by atoms with Crippen LogP contribution < -0.4 is 5.32 Å². The van der Waals surface area contributed by atoms with Gasteiger partial charge in [0.2, 0.25) is 11.7 Å². The Bertz CT molecular complexity index is 915. The highest BCUT2D eigenvalue weighted by Crippen LogP contribution is 2.11. The second-order valence-corrected chi connectivity index (χ2v) is 5.97. The molecule has 0 unspecified atom stereocenters. The number of hydrogen-bond donors (Lipinski definition) is 2. The van der Waals surface area contributed by atoms with Crippen molar-refractivity contribution in [1.29, 1.82) is 0 Å². The molecule has 0 spiro atoms. The van der Waals surface area contributed by atoms with Crippen LogP contribution in [0.15, 0.2) is 67.0 Å². The molecule has 0 saturated heterocycles. The number of amides is 1. The molecule has 1 heterocycles. The monoisotopic (exact) mass is 347 g/mol. The predicted octanol–water partition coefficient (Wildman–Crippen LogP) is 4.04. The quantitative estimate of drug-likeness (QED) is 0.522. The average Bonchev–Trinajstić information content (AvgIpc) is 3.17. The van der Waals surface area contributed by atoms with Crippen molar-refractivity contribution in [2.45, 2.75) is 13.3 Å². The third-order valence-electron chi connectivity index (χ3n) is 3.84. The van der Waals surface area contributed by atoms with E-state index in [4.69, 9.17) is 0 Å². The zero-order valence-corrected chi connectivity index (χ0v) is 14.4. The van der Waals surface area contributed by atoms with E-state index < -0.39 is 0 Å². The molecule has 5 heteroatoms. The van der Waals surface area contributed by atoms with E-state index in [-0.39, 0.29) is 13.1 Å². The minimum atomic E-state index is -0.184. The van der Waals surface area contributed by atoms with Gasteiger partial charge in [0, 0.05) is 19.5 Å². The molecule has 0 aliphatic rings. The lowest BCUT2D eigenvalue weighted by Gasteiger charge is -2.06. The number of benzene rings is 2. The first-order valence-electron chi connectivity index (χ1n) is 8.27. The maximum Gasteiger partial charge on any atom is 0.228 e. The normalized spacial score (nSPS) is 10.8. The summed E-state index contributed by atoms with van der Waals surface area (Å²) in [5.41, 5.74) is 3.73. The standard InChI is InChI=1S/C21H19N3O2.H2/c1-15-2-9-18(10-3-15)24-20(26)14-17-6-4-16(5-7-17)8-11-19(25)21-22-12-13-23-21;/h2-13H,14H2,1H3,(H,22,23)(H,24,26);1H/b11-8+;. The number of imidazole rings is 1. The molecule has 3 rings (SSSR count). The number of rotatable bonds is 6. The largest absolute Gasteiger partial charge is 0.342 e. The van der Waals surface area contributed by atoms with Crippen LogP contribution in [0.3, 0.4) is 0 Å². The fraction of sp³-hybridized carbons (Fsp3) is 0.0952. The number of nitrogens with one attached hydrogen (secondary N) is 2. The molecule has 0 fully saturated rings. The number of carbonyl (C=O) groups excluding carboxylic acids is 2. The Kier molecular flexibility index (Phi) is 5.39. The van der Waals surface area contributed by atoms with Gasteiger partial charge in [-0.05, 0) is 36.3 Å². The molecule has 3 aromatic rings. The summed E-state index contributed by atoms with van der Waals surface area (Å²) < 4.78 is 0. The molecule has 0 aliphatic heterocycles. The fourth-order valence-corrected chi connectivity index (χ4v) is 2.42. The molecule has 0 aliphatic carbocycles. The molecule has 5 nitrogen and oxygen atoms in total. The average molecular weight is 347 g/mol. The van der Waals surface area contributed by atoms with Gasteiger partial charge in [-0.1, -0.05) is 48.0 Å². The van der Waals surface area contributed by atoms with E-state index in [0.717, 1.165) is 22.4 Å². The van der Waals surface area contributed by atoms with Crippen LogP contribution in [0.5, 0.6) is 0 Å². The van der Waals surface area contributed by atoms with Crippen molar-refractivity contribution in [2.75, 3.05) is 5.32 Å². The highest BCUT2D eigenvalue weighted by molar-refractivity contribution is 6.04. The van der Waals surface area contributed by atoms with E-state index >= 15 is 0 Å². The van der Waals surface area contributed by atoms with Crippen molar-refractivity contribution in [3.63, 3.8) is 0 Å². The number of aromatic nitrogens is 2. The van der Waals surface area contributed by atoms with Crippen molar-refractivity contribution in [1.82, 2.24) is 9.97 Å². The third-order valence-corrected chi connectivity index (χ3v) is 3.84. The van der Waals surface area contributed by atoms with Gasteiger partial charge in [0.1, 0.15) is 0 Å². The van der Waals surface area contributed by atoms with Gasteiger partial charge in [0.15, 0.2) is 5.82 Å². The van der Waals surface area contributed by atoms with E-state index in [0.29, 0.717) is 12.2 Å². The number of anilines is 1. The molecule has 26 heavy (non-hydrogen) atoms. The van der Waals surface area contributed by atoms with Gasteiger partial charge in [0.05, 0.1) is 6.42 Å². The van der Waals surface area contributed by atoms with Gasteiger partial charge in [-0.2, -0.15) is 0 Å². The summed E-state index contributed by atoms with van der Waals surface area (Å²) in [4.78, 5) is 30.7. The molecule has 0 radical (unpaired) electrons. The second kappa shape index (κ2) is 8.07. The number of aromatic amines is 1. The third kappa shape index (κ3) is 4.77. The number of allylic oxidation sites excluding steroid dienone is 1. The van der Waals surface area contributed by atoms with Crippen LogP contribution in [0.25, 0.3) is 6.08 Å². The Balaban J connectivity index is 0.00000261. The van der Waals surface area contributed by atoms with Crippen LogP contribution in [0.4, 0.5) is 5.69 Å². The molecule has 2 N–H and O–H groups in total. The molecule has 1 aromatic heterocycles. The van der Waals surface area contributed by atoms with E-state index in [1.807, 2.05) is 55.5 Å². The second-order valence-electron chi connectivity index (χ2n) is 5.97. The Morgan fingerprint density at radius 1 is 1.12 bits per heavy atom. The highest BCUT2D eigenvalue weighted by atomic mass is 16.1. The summed E-state index contributed by atoms with van der Waals surface area (Å²) in [6.45, 7) is 2.00. The number of hydrogen-bond acceptors (Lipinski definition) is 3. The summed E-state index contributed by atoms with van der Waals surface area (Å²) in [5.74, 6) is 0.0624. The Morgan fingerprint density at radius 3 is 2.50 bits per heavy atom. The molecule has 1 amide bonds. The minimum absolute atomic E-state index is 0. The van der Waals surface area contributed by atoms with Gasteiger partial charge in [-0.25, -0.2) is 4.98 Å². The maximum absolute atomic E-state index is 12.1. The van der Waals surface area contributed by atoms with Crippen LogP contribution in [0.1, 0.15) is 28.7 Å². The van der Waals surface area contributed by atoms with Gasteiger partial charge in [-0.15, -0.1) is 0 Å². The lowest BCUT2D eigenvalue weighted by molar-refractivity contribution is -0.115. The SMILES string of the molecule is Cc1ccc(NC(=O)Cc2ccc(/C=C/C(=O)c3ncc[nH]3)cc2)cc1.[HH]. The Labute approximate surface area is 153 Å². The molecule has 0 atom stereocenters. The van der Waals surface area contributed by atoms with E-state index in [1.165, 1.54) is 12.3 Å². The van der Waals surface area contributed by atoms with Crippen LogP contribution in [-0.4, -0.2) is 21.7 Å². The number of aryl methyl sites for hydroxylation is 1. The zero-order valence-electron chi connectivity index (χ0n) is 14.4. The molecule has 132 valence electrons. The van der Waals surface area contributed by atoms with Crippen LogP contribution >= 0.6 is 0 Å². The van der Waals surface area contributed by atoms with Gasteiger partial charge < -0.3 is 10.3 Å². The van der Waals surface area contributed by atoms with Crippen LogP contribution in [0.2, 0.25) is 0 Å². The van der Waals surface area contributed by atoms with Crippen molar-refractivity contribution in [3.05, 3.63) is 89.5 Å². The predicted molar refractivity (Wildman–Crippen MR) is 104 cm³/mol. The highest BCUT2D eigenvalue weighted by Gasteiger charge is 2.05. The topological polar surface area (TPSA) is 74.8 Å². The van der Waals surface area contributed by atoms with Crippen LogP contribution in [0, 0.1) is 6.92 Å². The van der Waals surface area contributed by atoms with Crippen molar-refractivity contribution < 1.29 is 11.0 Å². The van der Waals surface area contributed by atoms with E-state index in [9.17, 15) is 9.59 Å². The number of nitrogens with zero attached hydrogens (tertiary/aromatic N) is 1. The zero-order chi connectivity index (χ0) is 18.4. The lowest BCUT2D eigenvalue weighted by atomic mass is 10.1. The van der Waals surface area contributed by atoms with Crippen LogP contribution in [-0.2, 0) is 11.2 Å². The summed E-state index contributed by atoms with van der Waals surface area (Å²) in [6.07, 6.45) is 6.64.